The monoisotopic (exact) mass is 286 g/mol. The lowest BCUT2D eigenvalue weighted by Crippen LogP contribution is -2.44. The predicted octanol–water partition coefficient (Wildman–Crippen LogP) is 0.520. The van der Waals surface area contributed by atoms with Crippen molar-refractivity contribution in [3.8, 4) is 5.69 Å². The molecule has 1 aliphatic heterocycles. The fourth-order valence-corrected chi connectivity index (χ4v) is 2.66. The van der Waals surface area contributed by atoms with Crippen molar-refractivity contribution in [2.24, 2.45) is 5.73 Å². The summed E-state index contributed by atoms with van der Waals surface area (Å²) in [5, 5.41) is 8.13. The Morgan fingerprint density at radius 1 is 1.05 bits per heavy atom. The van der Waals surface area contributed by atoms with Crippen LogP contribution in [0.25, 0.3) is 5.69 Å². The van der Waals surface area contributed by atoms with Gasteiger partial charge in [0.15, 0.2) is 0 Å². The van der Waals surface area contributed by atoms with E-state index in [0.29, 0.717) is 6.54 Å². The Morgan fingerprint density at radius 2 is 1.71 bits per heavy atom. The molecule has 1 aromatic heterocycles. The van der Waals surface area contributed by atoms with Gasteiger partial charge in [-0.05, 0) is 37.9 Å². The fourth-order valence-electron chi connectivity index (χ4n) is 2.66. The Morgan fingerprint density at radius 3 is 2.38 bits per heavy atom. The number of hydrogen-bond acceptors (Lipinski definition) is 5. The molecule has 1 aliphatic rings. The average molecular weight is 286 g/mol. The number of aromatic nitrogens is 3. The number of piperazine rings is 1. The molecule has 2 aromatic rings. The maximum Gasteiger partial charge on any atom is 0.0730 e. The van der Waals surface area contributed by atoms with Crippen LogP contribution in [0, 0.1) is 0 Å². The summed E-state index contributed by atoms with van der Waals surface area (Å²) in [6.45, 7) is 5.00. The van der Waals surface area contributed by atoms with Gasteiger partial charge in [-0.25, -0.2) is 4.68 Å². The smallest absolute Gasteiger partial charge is 0.0730 e. The molecule has 0 radical (unpaired) electrons. The van der Waals surface area contributed by atoms with Gasteiger partial charge in [-0.15, -0.1) is 5.10 Å². The van der Waals surface area contributed by atoms with Crippen molar-refractivity contribution in [2.45, 2.75) is 6.42 Å². The molecular formula is C15H22N6. The molecule has 1 saturated heterocycles. The summed E-state index contributed by atoms with van der Waals surface area (Å²) in [5.74, 6) is 0. The molecule has 0 atom stereocenters. The summed E-state index contributed by atoms with van der Waals surface area (Å²) in [7, 11) is 2.17. The summed E-state index contributed by atoms with van der Waals surface area (Å²) in [4.78, 5) is 4.78. The van der Waals surface area contributed by atoms with Gasteiger partial charge in [0.05, 0.1) is 17.6 Å². The maximum absolute atomic E-state index is 5.62. The first-order valence-corrected chi connectivity index (χ1v) is 7.41. The largest absolute Gasteiger partial charge is 0.369 e. The van der Waals surface area contributed by atoms with Gasteiger partial charge in [0.1, 0.15) is 0 Å². The van der Waals surface area contributed by atoms with Crippen molar-refractivity contribution >= 4 is 5.69 Å². The van der Waals surface area contributed by atoms with Gasteiger partial charge < -0.3 is 15.5 Å². The van der Waals surface area contributed by atoms with Gasteiger partial charge in [-0.1, -0.05) is 5.21 Å². The van der Waals surface area contributed by atoms with E-state index < -0.39 is 0 Å². The van der Waals surface area contributed by atoms with Crippen LogP contribution in [0.4, 0.5) is 5.69 Å². The Bertz CT molecular complexity index is 568. The van der Waals surface area contributed by atoms with Crippen molar-refractivity contribution in [2.75, 3.05) is 44.7 Å². The van der Waals surface area contributed by atoms with Crippen LogP contribution in [0.3, 0.4) is 0 Å². The zero-order valence-corrected chi connectivity index (χ0v) is 12.4. The van der Waals surface area contributed by atoms with Crippen LogP contribution < -0.4 is 10.6 Å². The van der Waals surface area contributed by atoms with Crippen LogP contribution in [-0.4, -0.2) is 59.7 Å². The van der Waals surface area contributed by atoms with Gasteiger partial charge in [0.2, 0.25) is 0 Å². The van der Waals surface area contributed by atoms with Crippen LogP contribution >= 0.6 is 0 Å². The summed E-state index contributed by atoms with van der Waals surface area (Å²) >= 11 is 0. The Kier molecular flexibility index (Phi) is 4.17. The van der Waals surface area contributed by atoms with Crippen LogP contribution in [0.1, 0.15) is 5.69 Å². The van der Waals surface area contributed by atoms with Gasteiger partial charge in [0, 0.05) is 38.3 Å². The minimum absolute atomic E-state index is 0.604. The summed E-state index contributed by atoms with van der Waals surface area (Å²) in [5.41, 5.74) is 8.97. The third-order valence-electron chi connectivity index (χ3n) is 3.98. The molecule has 0 aliphatic carbocycles. The fraction of sp³-hybridized carbons (Fsp3) is 0.467. The average Bonchev–Trinajstić information content (AvgIpc) is 2.97. The van der Waals surface area contributed by atoms with E-state index in [0.717, 1.165) is 44.0 Å². The molecule has 0 unspecified atom stereocenters. The summed E-state index contributed by atoms with van der Waals surface area (Å²) in [6.07, 6.45) is 2.56. The predicted molar refractivity (Wildman–Crippen MR) is 83.8 cm³/mol. The molecule has 21 heavy (non-hydrogen) atoms. The highest BCUT2D eigenvalue weighted by Gasteiger charge is 2.14. The molecule has 1 aromatic carbocycles. The Balaban J connectivity index is 1.76. The highest BCUT2D eigenvalue weighted by molar-refractivity contribution is 5.51. The molecule has 6 heteroatoms. The van der Waals surface area contributed by atoms with Gasteiger partial charge in [-0.3, -0.25) is 0 Å². The number of anilines is 1. The molecule has 0 bridgehead atoms. The van der Waals surface area contributed by atoms with Crippen molar-refractivity contribution in [1.29, 1.82) is 0 Å². The summed E-state index contributed by atoms with van der Waals surface area (Å²) < 4.78 is 1.86. The van der Waals surface area contributed by atoms with E-state index in [-0.39, 0.29) is 0 Å². The molecule has 3 rings (SSSR count). The van der Waals surface area contributed by atoms with Crippen LogP contribution in [0.15, 0.2) is 30.5 Å². The molecule has 1 fully saturated rings. The van der Waals surface area contributed by atoms with E-state index in [1.807, 2.05) is 4.68 Å². The van der Waals surface area contributed by atoms with E-state index in [4.69, 9.17) is 5.73 Å². The first-order valence-electron chi connectivity index (χ1n) is 7.41. The first-order chi connectivity index (χ1) is 10.3. The minimum Gasteiger partial charge on any atom is -0.369 e. The molecule has 0 saturated carbocycles. The third kappa shape index (κ3) is 3.06. The summed E-state index contributed by atoms with van der Waals surface area (Å²) in [6, 6.07) is 8.52. The molecule has 6 nitrogen and oxygen atoms in total. The van der Waals surface area contributed by atoms with Gasteiger partial charge in [-0.2, -0.15) is 0 Å². The molecular weight excluding hydrogens is 264 g/mol. The lowest BCUT2D eigenvalue weighted by atomic mass is 10.2. The van der Waals surface area contributed by atoms with E-state index in [1.165, 1.54) is 5.69 Å². The number of rotatable bonds is 4. The highest BCUT2D eigenvalue weighted by Crippen LogP contribution is 2.19. The van der Waals surface area contributed by atoms with Gasteiger partial charge >= 0.3 is 0 Å². The second-order valence-corrected chi connectivity index (χ2v) is 5.48. The topological polar surface area (TPSA) is 63.2 Å². The number of nitrogens with two attached hydrogens (primary N) is 1. The Labute approximate surface area is 125 Å². The number of benzene rings is 1. The van der Waals surface area contributed by atoms with Gasteiger partial charge in [0.25, 0.3) is 0 Å². The molecule has 0 spiro atoms. The molecule has 0 amide bonds. The van der Waals surface area contributed by atoms with E-state index in [1.54, 1.807) is 6.20 Å². The zero-order chi connectivity index (χ0) is 14.7. The van der Waals surface area contributed by atoms with Crippen molar-refractivity contribution in [3.63, 3.8) is 0 Å². The van der Waals surface area contributed by atoms with E-state index in [2.05, 4.69) is 51.4 Å². The standard InChI is InChI=1S/C15H22N6/c1-19-8-10-20(11-9-19)13-2-4-14(5-3-13)21-15(6-7-16)12-17-18-21/h2-5,12H,6-11,16H2,1H3. The number of nitrogens with zero attached hydrogens (tertiary/aromatic N) is 5. The van der Waals surface area contributed by atoms with Crippen molar-refractivity contribution in [1.82, 2.24) is 19.9 Å². The SMILES string of the molecule is CN1CCN(c2ccc(-n3nncc3CCN)cc2)CC1. The lowest BCUT2D eigenvalue weighted by Gasteiger charge is -2.34. The quantitative estimate of drug-likeness (QED) is 0.888. The van der Waals surface area contributed by atoms with Crippen molar-refractivity contribution in [3.05, 3.63) is 36.2 Å². The number of hydrogen-bond donors (Lipinski definition) is 1. The lowest BCUT2D eigenvalue weighted by molar-refractivity contribution is 0.313. The van der Waals surface area contributed by atoms with E-state index in [9.17, 15) is 0 Å². The maximum atomic E-state index is 5.62. The highest BCUT2D eigenvalue weighted by atomic mass is 15.4. The van der Waals surface area contributed by atoms with E-state index >= 15 is 0 Å². The van der Waals surface area contributed by atoms with Crippen LogP contribution in [-0.2, 0) is 6.42 Å². The zero-order valence-electron chi connectivity index (χ0n) is 12.4. The van der Waals surface area contributed by atoms with Crippen LogP contribution in [0.5, 0.6) is 0 Å². The van der Waals surface area contributed by atoms with Crippen LogP contribution in [0.2, 0.25) is 0 Å². The molecule has 2 heterocycles. The number of likely N-dealkylation sites (N-methyl/N-ethyl adjacent to an activating group) is 1. The minimum atomic E-state index is 0.604. The Hall–Kier alpha value is -1.92. The van der Waals surface area contributed by atoms with Crippen molar-refractivity contribution < 1.29 is 0 Å². The second kappa shape index (κ2) is 6.24. The third-order valence-corrected chi connectivity index (χ3v) is 3.98. The molecule has 2 N–H and O–H groups in total. The second-order valence-electron chi connectivity index (χ2n) is 5.48. The first kappa shape index (κ1) is 14.0. The molecule has 112 valence electrons. The normalized spacial score (nSPS) is 16.4.